The van der Waals surface area contributed by atoms with Gasteiger partial charge < -0.3 is 10.4 Å². The fourth-order valence-electron chi connectivity index (χ4n) is 3.99. The van der Waals surface area contributed by atoms with E-state index in [-0.39, 0.29) is 18.3 Å². The van der Waals surface area contributed by atoms with Crippen LogP contribution in [0.25, 0.3) is 0 Å². The zero-order valence-corrected chi connectivity index (χ0v) is 12.3. The first kappa shape index (κ1) is 15.3. The van der Waals surface area contributed by atoms with E-state index in [4.69, 9.17) is 5.26 Å². The Morgan fingerprint density at radius 3 is 2.75 bits per heavy atom. The van der Waals surface area contributed by atoms with Crippen LogP contribution in [0.5, 0.6) is 0 Å². The number of nitrogens with one attached hydrogen (secondary N) is 1. The molecule has 0 bridgehead atoms. The van der Waals surface area contributed by atoms with Crippen LogP contribution in [0.1, 0.15) is 24.8 Å². The molecule has 20 heavy (non-hydrogen) atoms. The topological polar surface area (TPSA) is 56.0 Å². The summed E-state index contributed by atoms with van der Waals surface area (Å²) in [5.41, 5.74) is 0.242. The van der Waals surface area contributed by atoms with E-state index in [0.29, 0.717) is 24.7 Å². The van der Waals surface area contributed by atoms with Crippen LogP contribution in [0, 0.1) is 29.1 Å². The highest BCUT2D eigenvalue weighted by Gasteiger charge is 2.50. The second-order valence-electron chi connectivity index (χ2n) is 5.98. The van der Waals surface area contributed by atoms with Crippen LogP contribution in [0.15, 0.2) is 30.3 Å². The summed E-state index contributed by atoms with van der Waals surface area (Å²) < 4.78 is 0. The van der Waals surface area contributed by atoms with E-state index in [1.54, 1.807) is 0 Å². The maximum atomic E-state index is 11.3. The minimum Gasteiger partial charge on any atom is -0.385 e. The van der Waals surface area contributed by atoms with Crippen LogP contribution in [0.3, 0.4) is 0 Å². The highest BCUT2D eigenvalue weighted by Crippen LogP contribution is 2.49. The molecule has 4 unspecified atom stereocenters. The largest absolute Gasteiger partial charge is 0.385 e. The van der Waals surface area contributed by atoms with Crippen molar-refractivity contribution in [2.24, 2.45) is 17.8 Å². The molecule has 4 atom stereocenters. The maximum Gasteiger partial charge on any atom is 0.0942 e. The fourth-order valence-corrected chi connectivity index (χ4v) is 3.99. The number of halogens is 1. The molecule has 3 rings (SSSR count). The summed E-state index contributed by atoms with van der Waals surface area (Å²) in [4.78, 5) is 0. The Kier molecular flexibility index (Phi) is 4.70. The SMILES string of the molecule is Cl.N#CCC1CC2CNCC2C(O)(c2ccccc2)C1. The first-order valence-corrected chi connectivity index (χ1v) is 7.09. The Balaban J connectivity index is 0.00000147. The molecule has 4 heteroatoms. The second-order valence-corrected chi connectivity index (χ2v) is 5.98. The van der Waals surface area contributed by atoms with Crippen LogP contribution in [-0.2, 0) is 5.60 Å². The van der Waals surface area contributed by atoms with Gasteiger partial charge in [-0.3, -0.25) is 0 Å². The highest BCUT2D eigenvalue weighted by atomic mass is 35.5. The molecule has 1 aromatic rings. The predicted octanol–water partition coefficient (Wildman–Crippen LogP) is 2.46. The van der Waals surface area contributed by atoms with Crippen LogP contribution in [-0.4, -0.2) is 18.2 Å². The van der Waals surface area contributed by atoms with Crippen molar-refractivity contribution in [1.29, 1.82) is 5.26 Å². The molecule has 1 aliphatic carbocycles. The summed E-state index contributed by atoms with van der Waals surface area (Å²) in [6, 6.07) is 12.3. The van der Waals surface area contributed by atoms with Gasteiger partial charge in [0.05, 0.1) is 11.7 Å². The number of fused-ring (bicyclic) bond motifs is 1. The standard InChI is InChI=1S/C16H20N2O.ClH/c17-7-6-12-8-13-10-18-11-15(13)16(19,9-12)14-4-2-1-3-5-14;/h1-5,12-13,15,18-19H,6,8-11H2;1H. The molecule has 0 spiro atoms. The van der Waals surface area contributed by atoms with E-state index in [9.17, 15) is 5.11 Å². The lowest BCUT2D eigenvalue weighted by molar-refractivity contribution is -0.0820. The van der Waals surface area contributed by atoms with Crippen LogP contribution in [0.2, 0.25) is 0 Å². The number of hydrogen-bond acceptors (Lipinski definition) is 3. The zero-order chi connectivity index (χ0) is 13.3. The lowest BCUT2D eigenvalue weighted by Gasteiger charge is -2.44. The molecule has 1 saturated carbocycles. The predicted molar refractivity (Wildman–Crippen MR) is 80.4 cm³/mol. The number of nitriles is 1. The van der Waals surface area contributed by atoms with Gasteiger partial charge in [0, 0.05) is 18.9 Å². The number of hydrogen-bond donors (Lipinski definition) is 2. The molecule has 0 aromatic heterocycles. The van der Waals surface area contributed by atoms with E-state index >= 15 is 0 Å². The normalized spacial score (nSPS) is 35.7. The van der Waals surface area contributed by atoms with Crippen LogP contribution >= 0.6 is 12.4 Å². The Labute approximate surface area is 126 Å². The average Bonchev–Trinajstić information content (AvgIpc) is 2.89. The van der Waals surface area contributed by atoms with Crippen molar-refractivity contribution in [2.45, 2.75) is 24.9 Å². The molecule has 0 amide bonds. The quantitative estimate of drug-likeness (QED) is 0.880. The zero-order valence-electron chi connectivity index (χ0n) is 11.5. The monoisotopic (exact) mass is 292 g/mol. The third-order valence-electron chi connectivity index (χ3n) is 4.84. The molecule has 1 aromatic carbocycles. The molecule has 2 aliphatic rings. The van der Waals surface area contributed by atoms with E-state index in [2.05, 4.69) is 11.4 Å². The average molecular weight is 293 g/mol. The third-order valence-corrected chi connectivity index (χ3v) is 4.84. The summed E-state index contributed by atoms with van der Waals surface area (Å²) >= 11 is 0. The summed E-state index contributed by atoms with van der Waals surface area (Å²) in [6.07, 6.45) is 2.34. The van der Waals surface area contributed by atoms with Crippen molar-refractivity contribution < 1.29 is 5.11 Å². The molecule has 1 heterocycles. The Hall–Kier alpha value is -1.08. The molecule has 2 fully saturated rings. The van der Waals surface area contributed by atoms with Crippen molar-refractivity contribution in [3.8, 4) is 6.07 Å². The van der Waals surface area contributed by atoms with Gasteiger partial charge in [-0.25, -0.2) is 0 Å². The molecule has 2 N–H and O–H groups in total. The molecule has 1 aliphatic heterocycles. The van der Waals surface area contributed by atoms with Crippen molar-refractivity contribution in [3.63, 3.8) is 0 Å². The van der Waals surface area contributed by atoms with Crippen molar-refractivity contribution in [3.05, 3.63) is 35.9 Å². The first-order valence-electron chi connectivity index (χ1n) is 7.09. The van der Waals surface area contributed by atoms with Crippen molar-refractivity contribution >= 4 is 12.4 Å². The van der Waals surface area contributed by atoms with Gasteiger partial charge in [-0.1, -0.05) is 30.3 Å². The van der Waals surface area contributed by atoms with Gasteiger partial charge in [-0.15, -0.1) is 12.4 Å². The van der Waals surface area contributed by atoms with Gasteiger partial charge in [0.1, 0.15) is 0 Å². The molecule has 108 valence electrons. The van der Waals surface area contributed by atoms with Gasteiger partial charge in [-0.2, -0.15) is 5.26 Å². The maximum absolute atomic E-state index is 11.3. The summed E-state index contributed by atoms with van der Waals surface area (Å²) in [5, 5.41) is 23.6. The molecule has 1 saturated heterocycles. The van der Waals surface area contributed by atoms with E-state index in [1.807, 2.05) is 30.3 Å². The van der Waals surface area contributed by atoms with E-state index < -0.39 is 5.60 Å². The minimum absolute atomic E-state index is 0. The van der Waals surface area contributed by atoms with Crippen molar-refractivity contribution in [2.75, 3.05) is 13.1 Å². The number of rotatable bonds is 2. The van der Waals surface area contributed by atoms with Crippen LogP contribution in [0.4, 0.5) is 0 Å². The first-order chi connectivity index (χ1) is 9.24. The fraction of sp³-hybridized carbons (Fsp3) is 0.562. The number of nitrogens with zero attached hydrogens (tertiary/aromatic N) is 1. The molecular formula is C16H21ClN2O. The molecular weight excluding hydrogens is 272 g/mol. The minimum atomic E-state index is -0.769. The van der Waals surface area contributed by atoms with Gasteiger partial charge in [0.2, 0.25) is 0 Å². The highest BCUT2D eigenvalue weighted by molar-refractivity contribution is 5.85. The summed E-state index contributed by atoms with van der Waals surface area (Å²) in [5.74, 6) is 1.10. The Morgan fingerprint density at radius 1 is 1.30 bits per heavy atom. The van der Waals surface area contributed by atoms with Gasteiger partial charge in [-0.05, 0) is 36.8 Å². The summed E-state index contributed by atoms with van der Waals surface area (Å²) in [7, 11) is 0. The Bertz CT molecular complexity index is 487. The van der Waals surface area contributed by atoms with Gasteiger partial charge in [0.15, 0.2) is 0 Å². The van der Waals surface area contributed by atoms with E-state index in [1.165, 1.54) is 0 Å². The van der Waals surface area contributed by atoms with Gasteiger partial charge >= 0.3 is 0 Å². The lowest BCUT2D eigenvalue weighted by Crippen LogP contribution is -2.45. The summed E-state index contributed by atoms with van der Waals surface area (Å²) in [6.45, 7) is 1.86. The second kappa shape index (κ2) is 6.13. The Morgan fingerprint density at radius 2 is 2.05 bits per heavy atom. The van der Waals surface area contributed by atoms with Crippen LogP contribution < -0.4 is 5.32 Å². The number of aliphatic hydroxyl groups is 1. The van der Waals surface area contributed by atoms with Crippen molar-refractivity contribution in [1.82, 2.24) is 5.32 Å². The number of benzene rings is 1. The molecule has 3 nitrogen and oxygen atoms in total. The lowest BCUT2D eigenvalue weighted by atomic mass is 9.63. The third kappa shape index (κ3) is 2.56. The van der Waals surface area contributed by atoms with E-state index in [0.717, 1.165) is 25.1 Å². The molecule has 0 radical (unpaired) electrons. The van der Waals surface area contributed by atoms with Gasteiger partial charge in [0.25, 0.3) is 0 Å². The smallest absolute Gasteiger partial charge is 0.0942 e.